The van der Waals surface area contributed by atoms with E-state index >= 15 is 0 Å². The van der Waals surface area contributed by atoms with Crippen molar-refractivity contribution in [2.75, 3.05) is 12.0 Å². The molecular weight excluding hydrogens is 473 g/mol. The van der Waals surface area contributed by atoms with Gasteiger partial charge in [0, 0.05) is 5.56 Å². The second-order valence-corrected chi connectivity index (χ2v) is 9.65. The molecule has 2 N–H and O–H groups in total. The Morgan fingerprint density at radius 2 is 1.41 bits per heavy atom. The average Bonchev–Trinajstić information content (AvgIpc) is 2.91. The Morgan fingerprint density at radius 1 is 0.784 bits per heavy atom. The van der Waals surface area contributed by atoms with Crippen LogP contribution in [0.4, 0.5) is 0 Å². The van der Waals surface area contributed by atoms with Gasteiger partial charge in [0.25, 0.3) is 5.91 Å². The first-order valence-corrected chi connectivity index (χ1v) is 13.3. The summed E-state index contributed by atoms with van der Waals surface area (Å²) in [6.45, 7) is 2.01. The molecule has 0 aliphatic carbocycles. The van der Waals surface area contributed by atoms with Crippen molar-refractivity contribution in [1.29, 1.82) is 0 Å². The number of benzene rings is 4. The molecule has 184 valence electrons. The van der Waals surface area contributed by atoms with E-state index in [0.29, 0.717) is 17.7 Å². The van der Waals surface area contributed by atoms with Crippen LogP contribution < -0.4 is 5.32 Å². The van der Waals surface area contributed by atoms with E-state index in [1.165, 1.54) is 0 Å². The van der Waals surface area contributed by atoms with E-state index in [1.807, 2.05) is 73.8 Å². The Labute approximate surface area is 234 Å². The van der Waals surface area contributed by atoms with E-state index in [0.717, 1.165) is 38.9 Å². The van der Waals surface area contributed by atoms with Crippen LogP contribution in [0.15, 0.2) is 97.1 Å². The van der Waals surface area contributed by atoms with E-state index in [4.69, 9.17) is 0 Å². The molecule has 1 atom stereocenters. The number of thioether (sulfide) groups is 1. The molecule has 37 heavy (non-hydrogen) atoms. The molecule has 0 aromatic heterocycles. The van der Waals surface area contributed by atoms with Crippen molar-refractivity contribution < 1.29 is 14.7 Å². The van der Waals surface area contributed by atoms with Crippen LogP contribution in [0.25, 0.3) is 33.4 Å². The molecule has 0 saturated carbocycles. The monoisotopic (exact) mass is 503 g/mol. The maximum absolute atomic E-state index is 13.3. The number of rotatable bonds is 9. The van der Waals surface area contributed by atoms with Gasteiger partial charge in [0.15, 0.2) is 0 Å². The summed E-state index contributed by atoms with van der Waals surface area (Å²) in [4.78, 5) is 25.1. The summed E-state index contributed by atoms with van der Waals surface area (Å²) in [5.74, 6) is -0.756. The Kier molecular flexibility index (Phi) is 10.2. The Morgan fingerprint density at radius 3 is 2.08 bits per heavy atom. The molecule has 0 radical (unpaired) electrons. The van der Waals surface area contributed by atoms with Crippen molar-refractivity contribution in [3.8, 4) is 33.4 Å². The van der Waals surface area contributed by atoms with Gasteiger partial charge < -0.3 is 10.4 Å². The second-order valence-electron chi connectivity index (χ2n) is 8.67. The molecule has 0 unspecified atom stereocenters. The molecule has 0 aliphatic rings. The van der Waals surface area contributed by atoms with Gasteiger partial charge in [-0.15, -0.1) is 0 Å². The molecule has 4 rings (SSSR count). The molecule has 0 bridgehead atoms. The minimum atomic E-state index is -1.02. The molecule has 1 amide bonds. The van der Waals surface area contributed by atoms with E-state index in [2.05, 4.69) is 35.6 Å². The van der Waals surface area contributed by atoms with Crippen LogP contribution in [0.2, 0.25) is 0 Å². The van der Waals surface area contributed by atoms with E-state index in [9.17, 15) is 14.7 Å². The number of carboxylic acid groups (broad SMARTS) is 1. The quantitative estimate of drug-likeness (QED) is 0.264. The van der Waals surface area contributed by atoms with Gasteiger partial charge in [-0.3, -0.25) is 4.79 Å². The maximum atomic E-state index is 13.3. The SMILES string of the molecule is CSCC[C@H](NC(=O)c1ccc(-c2cccc(-c3ccccc3)c2)cc1-c1ccccc1C)C(=O)O.[LiH]. The molecule has 4 aromatic rings. The van der Waals surface area contributed by atoms with Gasteiger partial charge in [-0.05, 0) is 82.5 Å². The van der Waals surface area contributed by atoms with E-state index in [-0.39, 0.29) is 24.8 Å². The Balaban J connectivity index is 0.00000380. The number of aliphatic carboxylic acids is 1. The zero-order chi connectivity index (χ0) is 25.5. The van der Waals surface area contributed by atoms with Crippen molar-refractivity contribution in [1.82, 2.24) is 5.32 Å². The molecule has 0 fully saturated rings. The van der Waals surface area contributed by atoms with Gasteiger partial charge in [0.1, 0.15) is 6.04 Å². The number of carbonyl (C=O) groups is 2. The standard InChI is InChI=1S/C31H29NO3S.Li.H/c1-21-9-6-7-14-26(21)28-20-25(24-13-8-12-23(19-24)22-10-4-3-5-11-22)15-16-27(28)30(33)32-29(31(34)35)17-18-36-2;;/h3-16,19-20,29H,17-18H2,1-2H3,(H,32,33)(H,34,35);;/t29-;;/m0../s1. The molecule has 0 saturated heterocycles. The van der Waals surface area contributed by atoms with Gasteiger partial charge in [0.05, 0.1) is 0 Å². The summed E-state index contributed by atoms with van der Waals surface area (Å²) in [5.41, 5.74) is 7.51. The minimum absolute atomic E-state index is 0. The van der Waals surface area contributed by atoms with Crippen LogP contribution >= 0.6 is 11.8 Å². The topological polar surface area (TPSA) is 66.4 Å². The van der Waals surface area contributed by atoms with Crippen molar-refractivity contribution in [3.63, 3.8) is 0 Å². The summed E-state index contributed by atoms with van der Waals surface area (Å²) in [6.07, 6.45) is 2.29. The van der Waals surface area contributed by atoms with Crippen LogP contribution in [0.5, 0.6) is 0 Å². The molecule has 6 heteroatoms. The van der Waals surface area contributed by atoms with Gasteiger partial charge in [-0.1, -0.05) is 78.9 Å². The normalized spacial score (nSPS) is 11.3. The first-order chi connectivity index (χ1) is 17.5. The van der Waals surface area contributed by atoms with E-state index < -0.39 is 12.0 Å². The third kappa shape index (κ3) is 6.96. The summed E-state index contributed by atoms with van der Waals surface area (Å²) >= 11 is 1.56. The second kappa shape index (κ2) is 13.4. The number of hydrogen-bond acceptors (Lipinski definition) is 3. The number of carboxylic acids is 1. The Hall–Kier alpha value is -3.23. The molecular formula is C31H30LiNO3S. The number of hydrogen-bond donors (Lipinski definition) is 2. The summed E-state index contributed by atoms with van der Waals surface area (Å²) < 4.78 is 0. The fourth-order valence-electron chi connectivity index (χ4n) is 4.26. The number of aryl methyl sites for hydroxylation is 1. The molecule has 4 aromatic carbocycles. The first kappa shape index (κ1) is 28.3. The Bertz CT molecular complexity index is 1370. The van der Waals surface area contributed by atoms with E-state index in [1.54, 1.807) is 17.8 Å². The van der Waals surface area contributed by atoms with Gasteiger partial charge >= 0.3 is 24.8 Å². The summed E-state index contributed by atoms with van der Waals surface area (Å²) in [6, 6.07) is 31.3. The van der Waals surface area contributed by atoms with Gasteiger partial charge in [-0.2, -0.15) is 11.8 Å². The fourth-order valence-corrected chi connectivity index (χ4v) is 4.73. The van der Waals surface area contributed by atoms with Crippen molar-refractivity contribution >= 4 is 42.5 Å². The van der Waals surface area contributed by atoms with Crippen molar-refractivity contribution in [2.45, 2.75) is 19.4 Å². The summed E-state index contributed by atoms with van der Waals surface area (Å²) in [5, 5.41) is 12.4. The van der Waals surface area contributed by atoms with Gasteiger partial charge in [-0.25, -0.2) is 4.79 Å². The molecule has 0 aliphatic heterocycles. The zero-order valence-electron chi connectivity index (χ0n) is 20.4. The number of amides is 1. The predicted octanol–water partition coefficient (Wildman–Crippen LogP) is 6.28. The summed E-state index contributed by atoms with van der Waals surface area (Å²) in [7, 11) is 0. The van der Waals surface area contributed by atoms with Crippen LogP contribution in [-0.2, 0) is 4.79 Å². The number of nitrogens with one attached hydrogen (secondary N) is 1. The van der Waals surface area contributed by atoms with Crippen LogP contribution in [0, 0.1) is 6.92 Å². The van der Waals surface area contributed by atoms with Gasteiger partial charge in [0.2, 0.25) is 0 Å². The van der Waals surface area contributed by atoms with Crippen LogP contribution in [0.1, 0.15) is 22.3 Å². The van der Waals surface area contributed by atoms with Crippen molar-refractivity contribution in [2.24, 2.45) is 0 Å². The number of carbonyl (C=O) groups excluding carboxylic acids is 1. The zero-order valence-corrected chi connectivity index (χ0v) is 21.2. The average molecular weight is 504 g/mol. The molecule has 0 heterocycles. The fraction of sp³-hybridized carbons (Fsp3) is 0.161. The first-order valence-electron chi connectivity index (χ1n) is 11.9. The third-order valence-electron chi connectivity index (χ3n) is 6.22. The molecule has 4 nitrogen and oxygen atoms in total. The predicted molar refractivity (Wildman–Crippen MR) is 157 cm³/mol. The third-order valence-corrected chi connectivity index (χ3v) is 6.86. The van der Waals surface area contributed by atoms with Crippen LogP contribution in [0.3, 0.4) is 0 Å². The van der Waals surface area contributed by atoms with Crippen LogP contribution in [-0.4, -0.2) is 53.9 Å². The molecule has 0 spiro atoms. The van der Waals surface area contributed by atoms with Crippen molar-refractivity contribution in [3.05, 3.63) is 108 Å².